The Balaban J connectivity index is 1.43. The van der Waals surface area contributed by atoms with E-state index in [-0.39, 0.29) is 11.9 Å². The lowest BCUT2D eigenvalue weighted by Crippen LogP contribution is -2.34. The van der Waals surface area contributed by atoms with Gasteiger partial charge in [-0.05, 0) is 61.1 Å². The first-order valence-electron chi connectivity index (χ1n) is 10.4. The molecule has 0 aliphatic carbocycles. The van der Waals surface area contributed by atoms with Crippen LogP contribution >= 0.6 is 11.8 Å². The van der Waals surface area contributed by atoms with Crippen molar-refractivity contribution in [3.8, 4) is 5.75 Å². The molecule has 2 atom stereocenters. The topological polar surface area (TPSA) is 41.6 Å². The summed E-state index contributed by atoms with van der Waals surface area (Å²) in [5.74, 6) is 2.96. The number of methoxy groups -OCH3 is 1. The molecule has 156 valence electrons. The number of benzene rings is 2. The minimum absolute atomic E-state index is 0.0124. The number of nitrogens with one attached hydrogen (secondary N) is 1. The zero-order valence-corrected chi connectivity index (χ0v) is 18.5. The Morgan fingerprint density at radius 2 is 1.93 bits per heavy atom. The summed E-state index contributed by atoms with van der Waals surface area (Å²) in [6, 6.07) is 16.7. The van der Waals surface area contributed by atoms with Gasteiger partial charge in [0.05, 0.1) is 18.9 Å². The maximum absolute atomic E-state index is 12.3. The predicted octanol–water partition coefficient (Wildman–Crippen LogP) is 5.04. The van der Waals surface area contributed by atoms with Crippen molar-refractivity contribution in [2.45, 2.75) is 38.5 Å². The molecule has 1 N–H and O–H groups in total. The second kappa shape index (κ2) is 10.6. The summed E-state index contributed by atoms with van der Waals surface area (Å²) in [6.07, 6.45) is 2.59. The monoisotopic (exact) mass is 412 g/mol. The highest BCUT2D eigenvalue weighted by atomic mass is 32.2. The third kappa shape index (κ3) is 6.43. The number of hydrogen-bond acceptors (Lipinski definition) is 4. The van der Waals surface area contributed by atoms with Gasteiger partial charge >= 0.3 is 0 Å². The lowest BCUT2D eigenvalue weighted by atomic mass is 9.99. The van der Waals surface area contributed by atoms with Crippen molar-refractivity contribution >= 4 is 23.4 Å². The molecule has 1 heterocycles. The fraction of sp³-hybridized carbons (Fsp3) is 0.458. The number of thioether (sulfide) groups is 1. The van der Waals surface area contributed by atoms with Gasteiger partial charge in [0.2, 0.25) is 5.91 Å². The van der Waals surface area contributed by atoms with Gasteiger partial charge in [-0.3, -0.25) is 4.79 Å². The highest BCUT2D eigenvalue weighted by Gasteiger charge is 2.17. The molecule has 1 amide bonds. The van der Waals surface area contributed by atoms with Gasteiger partial charge < -0.3 is 15.0 Å². The van der Waals surface area contributed by atoms with Gasteiger partial charge in [-0.1, -0.05) is 31.2 Å². The van der Waals surface area contributed by atoms with Gasteiger partial charge in [0.25, 0.3) is 0 Å². The van der Waals surface area contributed by atoms with E-state index in [9.17, 15) is 4.79 Å². The van der Waals surface area contributed by atoms with Crippen molar-refractivity contribution in [2.24, 2.45) is 5.92 Å². The Hall–Kier alpha value is -2.14. The summed E-state index contributed by atoms with van der Waals surface area (Å²) >= 11 is 1.63. The molecule has 29 heavy (non-hydrogen) atoms. The fourth-order valence-electron chi connectivity index (χ4n) is 3.75. The number of hydrogen-bond donors (Lipinski definition) is 1. The van der Waals surface area contributed by atoms with Gasteiger partial charge in [0.15, 0.2) is 0 Å². The Bertz CT molecular complexity index is 776. The maximum Gasteiger partial charge on any atom is 0.230 e. The van der Waals surface area contributed by atoms with Crippen LogP contribution in [0.1, 0.15) is 43.9 Å². The van der Waals surface area contributed by atoms with Crippen LogP contribution in [0.5, 0.6) is 5.75 Å². The number of ether oxygens (including phenoxy) is 1. The van der Waals surface area contributed by atoms with Crippen molar-refractivity contribution in [3.63, 3.8) is 0 Å². The Morgan fingerprint density at radius 3 is 2.59 bits per heavy atom. The second-order valence-electron chi connectivity index (χ2n) is 7.92. The van der Waals surface area contributed by atoms with E-state index in [1.807, 2.05) is 31.2 Å². The smallest absolute Gasteiger partial charge is 0.230 e. The molecule has 5 heteroatoms. The third-order valence-electron chi connectivity index (χ3n) is 5.45. The molecule has 1 aliphatic heterocycles. The van der Waals surface area contributed by atoms with Crippen LogP contribution in [0.4, 0.5) is 5.69 Å². The van der Waals surface area contributed by atoms with Gasteiger partial charge in [-0.25, -0.2) is 0 Å². The van der Waals surface area contributed by atoms with Crippen LogP contribution in [-0.4, -0.2) is 31.9 Å². The van der Waals surface area contributed by atoms with E-state index in [1.54, 1.807) is 18.9 Å². The van der Waals surface area contributed by atoms with Crippen LogP contribution in [0.2, 0.25) is 0 Å². The molecule has 0 radical (unpaired) electrons. The molecular formula is C24H32N2O2S. The van der Waals surface area contributed by atoms with E-state index in [0.717, 1.165) is 36.1 Å². The quantitative estimate of drug-likeness (QED) is 0.659. The average molecular weight is 413 g/mol. The molecule has 2 aromatic rings. The van der Waals surface area contributed by atoms with E-state index in [4.69, 9.17) is 4.74 Å². The van der Waals surface area contributed by atoms with Crippen molar-refractivity contribution < 1.29 is 9.53 Å². The zero-order chi connectivity index (χ0) is 20.6. The minimum atomic E-state index is 0.0124. The molecule has 0 saturated carbocycles. The van der Waals surface area contributed by atoms with Crippen LogP contribution < -0.4 is 15.0 Å². The molecule has 1 saturated heterocycles. The molecule has 1 fully saturated rings. The number of anilines is 1. The molecule has 2 aromatic carbocycles. The molecule has 0 unspecified atom stereocenters. The van der Waals surface area contributed by atoms with E-state index in [1.165, 1.54) is 24.1 Å². The fourth-order valence-corrected chi connectivity index (χ4v) is 4.55. The minimum Gasteiger partial charge on any atom is -0.497 e. The van der Waals surface area contributed by atoms with Crippen molar-refractivity contribution in [2.75, 3.05) is 30.9 Å². The van der Waals surface area contributed by atoms with Crippen LogP contribution in [0.15, 0.2) is 48.5 Å². The molecular weight excluding hydrogens is 380 g/mol. The molecule has 0 spiro atoms. The first kappa shape index (κ1) is 21.6. The normalized spacial score (nSPS) is 17.6. The van der Waals surface area contributed by atoms with Crippen LogP contribution in [0.25, 0.3) is 0 Å². The summed E-state index contributed by atoms with van der Waals surface area (Å²) in [4.78, 5) is 14.8. The second-order valence-corrected chi connectivity index (χ2v) is 8.90. The number of amides is 1. The van der Waals surface area contributed by atoms with Crippen LogP contribution in [0.3, 0.4) is 0 Å². The molecule has 3 rings (SSSR count). The highest BCUT2D eigenvalue weighted by molar-refractivity contribution is 7.99. The van der Waals surface area contributed by atoms with E-state index < -0.39 is 0 Å². The highest BCUT2D eigenvalue weighted by Crippen LogP contribution is 2.25. The van der Waals surface area contributed by atoms with E-state index in [0.29, 0.717) is 5.75 Å². The standard InChI is InChI=1S/C24H32N2O2S/c1-18-5-4-14-26(15-18)22-10-8-21(9-11-22)19(2)25-24(27)17-29-16-20-6-12-23(28-3)13-7-20/h6-13,18-19H,4-5,14-17H2,1-3H3,(H,25,27)/t18-,19+/m1/s1. The first-order chi connectivity index (χ1) is 14.0. The molecule has 1 aliphatic rings. The Labute approximate surface area is 179 Å². The number of nitrogens with zero attached hydrogens (tertiary/aromatic N) is 1. The Morgan fingerprint density at radius 1 is 1.21 bits per heavy atom. The van der Waals surface area contributed by atoms with Crippen LogP contribution in [0, 0.1) is 5.92 Å². The summed E-state index contributed by atoms with van der Waals surface area (Å²) in [5, 5.41) is 3.11. The number of carbonyl (C=O) groups is 1. The van der Waals surface area contributed by atoms with Gasteiger partial charge in [-0.15, -0.1) is 11.8 Å². The van der Waals surface area contributed by atoms with Gasteiger partial charge in [0.1, 0.15) is 5.75 Å². The predicted molar refractivity (Wildman–Crippen MR) is 123 cm³/mol. The largest absolute Gasteiger partial charge is 0.497 e. The van der Waals surface area contributed by atoms with Gasteiger partial charge in [-0.2, -0.15) is 0 Å². The Kier molecular flexibility index (Phi) is 7.87. The summed E-state index contributed by atoms with van der Waals surface area (Å²) in [5.41, 5.74) is 3.63. The molecule has 0 bridgehead atoms. The summed E-state index contributed by atoms with van der Waals surface area (Å²) in [7, 11) is 1.66. The maximum atomic E-state index is 12.3. The van der Waals surface area contributed by atoms with Crippen LogP contribution in [-0.2, 0) is 10.5 Å². The number of rotatable bonds is 8. The summed E-state index contributed by atoms with van der Waals surface area (Å²) < 4.78 is 5.17. The van der Waals surface area contributed by atoms with E-state index >= 15 is 0 Å². The van der Waals surface area contributed by atoms with Crippen molar-refractivity contribution in [1.82, 2.24) is 5.32 Å². The van der Waals surface area contributed by atoms with E-state index in [2.05, 4.69) is 41.4 Å². The zero-order valence-electron chi connectivity index (χ0n) is 17.7. The SMILES string of the molecule is COc1ccc(CSCC(=O)N[C@@H](C)c2ccc(N3CCC[C@@H](C)C3)cc2)cc1. The summed E-state index contributed by atoms with van der Waals surface area (Å²) in [6.45, 7) is 6.65. The lowest BCUT2D eigenvalue weighted by Gasteiger charge is -2.33. The van der Waals surface area contributed by atoms with Crippen molar-refractivity contribution in [3.05, 3.63) is 59.7 Å². The van der Waals surface area contributed by atoms with Crippen molar-refractivity contribution in [1.29, 1.82) is 0 Å². The third-order valence-corrected chi connectivity index (χ3v) is 6.46. The van der Waals surface area contributed by atoms with Gasteiger partial charge in [0, 0.05) is 24.5 Å². The first-order valence-corrected chi connectivity index (χ1v) is 11.6. The molecule has 4 nitrogen and oxygen atoms in total. The lowest BCUT2D eigenvalue weighted by molar-refractivity contribution is -0.119. The number of carbonyl (C=O) groups excluding carboxylic acids is 1. The average Bonchev–Trinajstić information content (AvgIpc) is 2.74. The number of piperidine rings is 1. The molecule has 0 aromatic heterocycles.